The maximum atomic E-state index is 12.8. The quantitative estimate of drug-likeness (QED) is 0.137. The lowest BCUT2D eigenvalue weighted by Crippen LogP contribution is -2.59. The highest BCUT2D eigenvalue weighted by molar-refractivity contribution is 7.98. The highest BCUT2D eigenvalue weighted by Gasteiger charge is 2.33. The molecule has 0 aromatic heterocycles. The number of thioether (sulfide) groups is 1. The Morgan fingerprint density at radius 2 is 1.58 bits per heavy atom. The van der Waals surface area contributed by atoms with Crippen LogP contribution in [-0.2, 0) is 24.0 Å². The first kappa shape index (κ1) is 28.6. The average molecular weight is 464 g/mol. The van der Waals surface area contributed by atoms with Crippen molar-refractivity contribution < 1.29 is 34.2 Å². The van der Waals surface area contributed by atoms with E-state index < -0.39 is 66.8 Å². The molecule has 0 aromatic carbocycles. The Morgan fingerprint density at radius 3 is 2.03 bits per heavy atom. The van der Waals surface area contributed by atoms with Gasteiger partial charge in [-0.15, -0.1) is 0 Å². The number of aliphatic hydroxyl groups excluding tert-OH is 1. The van der Waals surface area contributed by atoms with Crippen LogP contribution in [-0.4, -0.2) is 82.6 Å². The molecular formula is C18H33N5O7S. The molecule has 0 fully saturated rings. The van der Waals surface area contributed by atoms with Crippen LogP contribution in [0.2, 0.25) is 0 Å². The van der Waals surface area contributed by atoms with Crippen LogP contribution in [0.3, 0.4) is 0 Å². The van der Waals surface area contributed by atoms with Gasteiger partial charge in [-0.05, 0) is 24.3 Å². The van der Waals surface area contributed by atoms with E-state index in [-0.39, 0.29) is 12.3 Å². The van der Waals surface area contributed by atoms with Crippen LogP contribution in [0, 0.1) is 5.92 Å². The lowest BCUT2D eigenvalue weighted by molar-refractivity contribution is -0.144. The third-order valence-corrected chi connectivity index (χ3v) is 5.23. The van der Waals surface area contributed by atoms with E-state index in [4.69, 9.17) is 16.6 Å². The topological polar surface area (TPSA) is 214 Å². The van der Waals surface area contributed by atoms with Crippen LogP contribution in [0.1, 0.15) is 33.1 Å². The summed E-state index contributed by atoms with van der Waals surface area (Å²) in [5.41, 5.74) is 10.5. The molecule has 0 radical (unpaired) electrons. The van der Waals surface area contributed by atoms with E-state index in [1.54, 1.807) is 13.8 Å². The van der Waals surface area contributed by atoms with Crippen LogP contribution in [0.15, 0.2) is 0 Å². The third-order valence-electron chi connectivity index (χ3n) is 4.59. The molecule has 4 amide bonds. The van der Waals surface area contributed by atoms with Gasteiger partial charge >= 0.3 is 5.97 Å². The number of carboxylic acids is 1. The van der Waals surface area contributed by atoms with E-state index in [1.165, 1.54) is 11.8 Å². The van der Waals surface area contributed by atoms with Crippen LogP contribution in [0.25, 0.3) is 0 Å². The van der Waals surface area contributed by atoms with E-state index >= 15 is 0 Å². The van der Waals surface area contributed by atoms with Crippen molar-refractivity contribution in [2.75, 3.05) is 18.6 Å². The van der Waals surface area contributed by atoms with Gasteiger partial charge in [0, 0.05) is 0 Å². The number of carbonyl (C=O) groups excluding carboxylic acids is 4. The molecule has 0 aliphatic carbocycles. The first-order chi connectivity index (χ1) is 14.5. The van der Waals surface area contributed by atoms with Crippen molar-refractivity contribution in [3.8, 4) is 0 Å². The summed E-state index contributed by atoms with van der Waals surface area (Å²) in [4.78, 5) is 59.9. The van der Waals surface area contributed by atoms with Crippen molar-refractivity contribution >= 4 is 41.4 Å². The number of hydrogen-bond acceptors (Lipinski definition) is 8. The fraction of sp³-hybridized carbons (Fsp3) is 0.722. The van der Waals surface area contributed by atoms with Gasteiger partial charge in [0.2, 0.25) is 23.6 Å². The summed E-state index contributed by atoms with van der Waals surface area (Å²) in [7, 11) is 0. The highest BCUT2D eigenvalue weighted by atomic mass is 32.2. The summed E-state index contributed by atoms with van der Waals surface area (Å²) in [6.07, 6.45) is 1.93. The molecule has 31 heavy (non-hydrogen) atoms. The number of amides is 4. The minimum Gasteiger partial charge on any atom is -0.480 e. The van der Waals surface area contributed by atoms with E-state index in [0.717, 1.165) is 0 Å². The molecule has 0 spiro atoms. The Kier molecular flexibility index (Phi) is 13.5. The van der Waals surface area contributed by atoms with Gasteiger partial charge < -0.3 is 37.6 Å². The summed E-state index contributed by atoms with van der Waals surface area (Å²) >= 11 is 1.44. The second-order valence-electron chi connectivity index (χ2n) is 7.07. The molecular weight excluding hydrogens is 430 g/mol. The second kappa shape index (κ2) is 14.6. The van der Waals surface area contributed by atoms with Gasteiger partial charge in [0.25, 0.3) is 0 Å². The summed E-state index contributed by atoms with van der Waals surface area (Å²) < 4.78 is 0. The largest absolute Gasteiger partial charge is 0.480 e. The molecule has 0 bridgehead atoms. The van der Waals surface area contributed by atoms with Crippen molar-refractivity contribution in [3.05, 3.63) is 0 Å². The van der Waals surface area contributed by atoms with Gasteiger partial charge in [0.05, 0.1) is 13.0 Å². The second-order valence-corrected chi connectivity index (χ2v) is 8.06. The molecule has 0 saturated heterocycles. The van der Waals surface area contributed by atoms with E-state index in [1.807, 2.05) is 6.26 Å². The van der Waals surface area contributed by atoms with Crippen LogP contribution in [0.4, 0.5) is 0 Å². The van der Waals surface area contributed by atoms with E-state index in [2.05, 4.69) is 16.0 Å². The number of aliphatic carboxylic acids is 1. The molecule has 5 atom stereocenters. The number of hydrogen-bond donors (Lipinski definition) is 7. The molecule has 9 N–H and O–H groups in total. The lowest BCUT2D eigenvalue weighted by atomic mass is 9.97. The Morgan fingerprint density at radius 1 is 1.00 bits per heavy atom. The Labute approximate surface area is 185 Å². The summed E-state index contributed by atoms with van der Waals surface area (Å²) in [6.45, 7) is 2.87. The highest BCUT2D eigenvalue weighted by Crippen LogP contribution is 2.10. The van der Waals surface area contributed by atoms with E-state index in [0.29, 0.717) is 12.2 Å². The molecule has 12 nitrogen and oxygen atoms in total. The van der Waals surface area contributed by atoms with Gasteiger partial charge in [-0.25, -0.2) is 4.79 Å². The first-order valence-electron chi connectivity index (χ1n) is 9.75. The Hall–Kier alpha value is -2.38. The molecule has 0 rings (SSSR count). The molecule has 0 aliphatic rings. The summed E-state index contributed by atoms with van der Waals surface area (Å²) in [5, 5.41) is 25.4. The third kappa shape index (κ3) is 10.5. The predicted octanol–water partition coefficient (Wildman–Crippen LogP) is -2.48. The van der Waals surface area contributed by atoms with Crippen molar-refractivity contribution in [1.29, 1.82) is 0 Å². The molecule has 0 saturated carbocycles. The van der Waals surface area contributed by atoms with Gasteiger partial charge in [0.1, 0.15) is 24.2 Å². The number of nitrogens with one attached hydrogen (secondary N) is 3. The predicted molar refractivity (Wildman–Crippen MR) is 115 cm³/mol. The van der Waals surface area contributed by atoms with Gasteiger partial charge in [-0.3, -0.25) is 19.2 Å². The monoisotopic (exact) mass is 463 g/mol. The number of nitrogens with two attached hydrogens (primary N) is 2. The van der Waals surface area contributed by atoms with Crippen LogP contribution < -0.4 is 27.4 Å². The molecule has 13 heteroatoms. The zero-order chi connectivity index (χ0) is 24.1. The van der Waals surface area contributed by atoms with Crippen molar-refractivity contribution in [3.63, 3.8) is 0 Å². The fourth-order valence-corrected chi connectivity index (χ4v) is 2.96. The standard InChI is InChI=1S/C18H33N5O7S/c1-4-9(2)14(17(28)22-12(18(29)30)7-13(20)25)23-16(27)11(5-6-31-3)21-15(26)10(19)8-24/h9-12,14,24H,4-8,19H2,1-3H3,(H2,20,25)(H,21,26)(H,22,28)(H,23,27)(H,29,30). The fourth-order valence-electron chi connectivity index (χ4n) is 2.48. The van der Waals surface area contributed by atoms with Crippen LogP contribution >= 0.6 is 11.8 Å². The molecule has 178 valence electrons. The normalized spacial score (nSPS) is 15.6. The number of carbonyl (C=O) groups is 5. The maximum absolute atomic E-state index is 12.8. The smallest absolute Gasteiger partial charge is 0.326 e. The number of primary amides is 1. The van der Waals surface area contributed by atoms with Crippen molar-refractivity contribution in [2.24, 2.45) is 17.4 Å². The molecule has 0 aliphatic heterocycles. The SMILES string of the molecule is CCC(C)C(NC(=O)C(CCSC)NC(=O)C(N)CO)C(=O)NC(CC(N)=O)C(=O)O. The van der Waals surface area contributed by atoms with Crippen molar-refractivity contribution in [2.45, 2.75) is 57.3 Å². The Bertz CT molecular complexity index is 649. The number of aliphatic hydroxyl groups is 1. The average Bonchev–Trinajstić information content (AvgIpc) is 2.72. The maximum Gasteiger partial charge on any atom is 0.326 e. The van der Waals surface area contributed by atoms with Gasteiger partial charge in [-0.2, -0.15) is 11.8 Å². The number of carboxylic acid groups (broad SMARTS) is 1. The molecule has 0 heterocycles. The van der Waals surface area contributed by atoms with Crippen molar-refractivity contribution in [1.82, 2.24) is 16.0 Å². The number of rotatable bonds is 15. The minimum atomic E-state index is -1.54. The van der Waals surface area contributed by atoms with E-state index in [9.17, 15) is 29.1 Å². The summed E-state index contributed by atoms with van der Waals surface area (Å²) in [5.74, 6) is -4.38. The molecule has 5 unspecified atom stereocenters. The first-order valence-corrected chi connectivity index (χ1v) is 11.1. The Balaban J connectivity index is 5.49. The molecule has 0 aromatic rings. The van der Waals surface area contributed by atoms with Crippen LogP contribution in [0.5, 0.6) is 0 Å². The minimum absolute atomic E-state index is 0.241. The zero-order valence-electron chi connectivity index (χ0n) is 17.9. The lowest BCUT2D eigenvalue weighted by Gasteiger charge is -2.28. The van der Waals surface area contributed by atoms with Gasteiger partial charge in [0.15, 0.2) is 0 Å². The summed E-state index contributed by atoms with van der Waals surface area (Å²) in [6, 6.07) is -4.88. The van der Waals surface area contributed by atoms with Gasteiger partial charge in [-0.1, -0.05) is 20.3 Å². The zero-order valence-corrected chi connectivity index (χ0v) is 18.7.